The predicted octanol–water partition coefficient (Wildman–Crippen LogP) is 4.09. The van der Waals surface area contributed by atoms with Crippen LogP contribution in [0.15, 0.2) is 62.6 Å². The van der Waals surface area contributed by atoms with E-state index in [0.717, 1.165) is 0 Å². The molecule has 2 aromatic carbocycles. The summed E-state index contributed by atoms with van der Waals surface area (Å²) in [4.78, 5) is 11.4. The van der Waals surface area contributed by atoms with E-state index in [1.54, 1.807) is 12.1 Å². The summed E-state index contributed by atoms with van der Waals surface area (Å²) in [5.74, 6) is 0.0339. The normalized spacial score (nSPS) is 13.8. The van der Waals surface area contributed by atoms with Gasteiger partial charge in [-0.05, 0) is 60.4 Å². The molecular formula is C20H14F2O6S. The number of halogens is 2. The zero-order valence-corrected chi connectivity index (χ0v) is 15.6. The Morgan fingerprint density at radius 3 is 2.52 bits per heavy atom. The van der Waals surface area contributed by atoms with Crippen molar-refractivity contribution < 1.29 is 30.5 Å². The van der Waals surface area contributed by atoms with Crippen LogP contribution in [0.1, 0.15) is 17.5 Å². The van der Waals surface area contributed by atoms with Crippen molar-refractivity contribution in [3.8, 4) is 11.5 Å². The fourth-order valence-electron chi connectivity index (χ4n) is 3.09. The number of benzene rings is 2. The van der Waals surface area contributed by atoms with Gasteiger partial charge >= 0.3 is 22.4 Å². The summed E-state index contributed by atoms with van der Waals surface area (Å²) < 4.78 is 64.6. The van der Waals surface area contributed by atoms with E-state index in [4.69, 9.17) is 8.60 Å². The molecule has 1 aromatic heterocycles. The first kappa shape index (κ1) is 19.1. The van der Waals surface area contributed by atoms with Gasteiger partial charge in [0.2, 0.25) is 0 Å². The Morgan fingerprint density at radius 1 is 0.966 bits per heavy atom. The van der Waals surface area contributed by atoms with Crippen molar-refractivity contribution in [2.24, 2.45) is 0 Å². The average molecular weight is 420 g/mol. The molecule has 0 saturated carbocycles. The Labute approximate surface area is 164 Å². The van der Waals surface area contributed by atoms with Crippen molar-refractivity contribution in [1.29, 1.82) is 0 Å². The van der Waals surface area contributed by atoms with Gasteiger partial charge in [0.25, 0.3) is 0 Å². The van der Waals surface area contributed by atoms with Crippen LogP contribution in [0, 0.1) is 0 Å². The molecule has 29 heavy (non-hydrogen) atoms. The minimum Gasteiger partial charge on any atom is -0.435 e. The molecule has 0 saturated heterocycles. The number of aryl methyl sites for hydroxylation is 1. The molecule has 0 unspecified atom stereocenters. The molecule has 1 aliphatic carbocycles. The summed E-state index contributed by atoms with van der Waals surface area (Å²) in [7, 11) is -4.10. The number of hydrogen-bond acceptors (Lipinski definition) is 6. The zero-order chi connectivity index (χ0) is 20.6. The first-order chi connectivity index (χ1) is 13.8. The summed E-state index contributed by atoms with van der Waals surface area (Å²) in [6.07, 6.45) is 1.93. The largest absolute Gasteiger partial charge is 0.435 e. The molecular weight excluding hydrogens is 406 g/mol. The van der Waals surface area contributed by atoms with Gasteiger partial charge in [-0.15, -0.1) is 0 Å². The topological polar surface area (TPSA) is 82.8 Å². The molecule has 9 heteroatoms. The smallest absolute Gasteiger partial charge is 0.387 e. The van der Waals surface area contributed by atoms with E-state index in [1.165, 1.54) is 42.5 Å². The molecule has 0 amide bonds. The maximum absolute atomic E-state index is 12.7. The van der Waals surface area contributed by atoms with Gasteiger partial charge < -0.3 is 13.3 Å². The number of hydrogen-bond donors (Lipinski definition) is 0. The van der Waals surface area contributed by atoms with Crippen molar-refractivity contribution in [1.82, 2.24) is 0 Å². The Hall–Kier alpha value is -3.20. The van der Waals surface area contributed by atoms with Gasteiger partial charge in [-0.1, -0.05) is 6.07 Å². The molecule has 4 rings (SSSR count). The van der Waals surface area contributed by atoms with Crippen LogP contribution in [0.5, 0.6) is 11.5 Å². The maximum Gasteiger partial charge on any atom is 0.387 e. The van der Waals surface area contributed by atoms with Crippen LogP contribution in [-0.4, -0.2) is 15.0 Å². The lowest BCUT2D eigenvalue weighted by molar-refractivity contribution is -0.0498. The highest BCUT2D eigenvalue weighted by molar-refractivity contribution is 7.91. The fourth-order valence-corrected chi connectivity index (χ4v) is 4.18. The second-order valence-electron chi connectivity index (χ2n) is 6.34. The summed E-state index contributed by atoms with van der Waals surface area (Å²) in [5.41, 5.74) is 0.943. The molecule has 3 aromatic rings. The fraction of sp³-hybridized carbons (Fsp3) is 0.150. The monoisotopic (exact) mass is 420 g/mol. The van der Waals surface area contributed by atoms with E-state index in [9.17, 15) is 22.0 Å². The summed E-state index contributed by atoms with van der Waals surface area (Å²) in [6, 6.07) is 11.5. The van der Waals surface area contributed by atoms with Crippen LogP contribution >= 0.6 is 0 Å². The SMILES string of the molecule is O=c1ccc2ccc(OS(=O)(=O)C3=Cc4ccc(OC(F)F)cc4CC3)cc2o1. The van der Waals surface area contributed by atoms with Crippen LogP contribution in [0.3, 0.4) is 0 Å². The van der Waals surface area contributed by atoms with Gasteiger partial charge in [-0.25, -0.2) is 4.79 Å². The third-order valence-corrected chi connectivity index (χ3v) is 5.79. The van der Waals surface area contributed by atoms with Crippen LogP contribution in [-0.2, 0) is 16.5 Å². The molecule has 0 N–H and O–H groups in total. The van der Waals surface area contributed by atoms with Gasteiger partial charge in [-0.2, -0.15) is 17.2 Å². The second kappa shape index (κ2) is 7.32. The third kappa shape index (κ3) is 4.14. The van der Waals surface area contributed by atoms with Crippen molar-refractivity contribution in [3.05, 3.63) is 75.0 Å². The van der Waals surface area contributed by atoms with E-state index in [2.05, 4.69) is 4.74 Å². The van der Waals surface area contributed by atoms with Crippen molar-refractivity contribution in [2.45, 2.75) is 19.5 Å². The molecule has 0 radical (unpaired) electrons. The third-order valence-electron chi connectivity index (χ3n) is 4.42. The Balaban J connectivity index is 1.61. The standard InChI is InChI=1S/C20H14F2O6S/c21-20(22)26-15-5-2-14-10-17(7-3-13(14)9-15)29(24,25)28-16-6-1-12-4-8-19(23)27-18(12)11-16/h1-2,4-6,8-11,20H,3,7H2. The second-order valence-corrected chi connectivity index (χ2v) is 7.94. The molecule has 0 aliphatic heterocycles. The average Bonchev–Trinajstić information content (AvgIpc) is 2.66. The highest BCUT2D eigenvalue weighted by Gasteiger charge is 2.24. The van der Waals surface area contributed by atoms with Crippen LogP contribution < -0.4 is 14.5 Å². The van der Waals surface area contributed by atoms with Gasteiger partial charge in [0.1, 0.15) is 17.1 Å². The van der Waals surface area contributed by atoms with Gasteiger partial charge in [0, 0.05) is 17.5 Å². The number of fused-ring (bicyclic) bond motifs is 2. The van der Waals surface area contributed by atoms with Crippen LogP contribution in [0.25, 0.3) is 17.0 Å². The minimum atomic E-state index is -4.10. The molecule has 150 valence electrons. The van der Waals surface area contributed by atoms with E-state index in [1.807, 2.05) is 0 Å². The number of allylic oxidation sites excluding steroid dienone is 1. The van der Waals surface area contributed by atoms with E-state index >= 15 is 0 Å². The maximum atomic E-state index is 12.7. The van der Waals surface area contributed by atoms with E-state index < -0.39 is 22.4 Å². The zero-order valence-electron chi connectivity index (χ0n) is 14.8. The molecule has 6 nitrogen and oxygen atoms in total. The van der Waals surface area contributed by atoms with Gasteiger partial charge in [0.15, 0.2) is 0 Å². The van der Waals surface area contributed by atoms with Crippen LogP contribution in [0.2, 0.25) is 0 Å². The lowest BCUT2D eigenvalue weighted by Gasteiger charge is -2.18. The molecule has 0 bridgehead atoms. The first-order valence-corrected chi connectivity index (χ1v) is 9.98. The molecule has 0 fully saturated rings. The highest BCUT2D eigenvalue weighted by atomic mass is 32.2. The van der Waals surface area contributed by atoms with Crippen LogP contribution in [0.4, 0.5) is 8.78 Å². The quantitative estimate of drug-likeness (QED) is 0.457. The van der Waals surface area contributed by atoms with Crippen molar-refractivity contribution in [2.75, 3.05) is 0 Å². The summed E-state index contributed by atoms with van der Waals surface area (Å²) >= 11 is 0. The molecule has 1 heterocycles. The van der Waals surface area contributed by atoms with Gasteiger partial charge in [0.05, 0.1) is 4.91 Å². The Bertz CT molecular complexity index is 1280. The minimum absolute atomic E-state index is 0.0132. The number of ether oxygens (including phenoxy) is 1. The molecule has 0 spiro atoms. The Morgan fingerprint density at radius 2 is 1.72 bits per heavy atom. The summed E-state index contributed by atoms with van der Waals surface area (Å²) in [6.45, 7) is -2.93. The van der Waals surface area contributed by atoms with E-state index in [0.29, 0.717) is 22.9 Å². The van der Waals surface area contributed by atoms with Crippen molar-refractivity contribution in [3.63, 3.8) is 0 Å². The Kier molecular flexibility index (Phi) is 4.83. The number of rotatable bonds is 5. The van der Waals surface area contributed by atoms with Gasteiger partial charge in [-0.3, -0.25) is 0 Å². The first-order valence-electron chi connectivity index (χ1n) is 8.57. The lowest BCUT2D eigenvalue weighted by Crippen LogP contribution is -2.15. The van der Waals surface area contributed by atoms with Crippen molar-refractivity contribution >= 4 is 27.2 Å². The highest BCUT2D eigenvalue weighted by Crippen LogP contribution is 2.32. The number of alkyl halides is 2. The summed E-state index contributed by atoms with van der Waals surface area (Å²) in [5, 5.41) is 0.627. The predicted molar refractivity (Wildman–Crippen MR) is 101 cm³/mol. The molecule has 1 aliphatic rings. The molecule has 0 atom stereocenters. The lowest BCUT2D eigenvalue weighted by atomic mass is 9.97. The van der Waals surface area contributed by atoms with E-state index in [-0.39, 0.29) is 28.4 Å².